The molecule has 0 unspecified atom stereocenters. The van der Waals surface area contributed by atoms with Gasteiger partial charge in [0, 0.05) is 19.1 Å². The normalized spacial score (nSPS) is 15.4. The predicted octanol–water partition coefficient (Wildman–Crippen LogP) is 3.44. The molecule has 1 amide bonds. The van der Waals surface area contributed by atoms with Crippen LogP contribution in [-0.4, -0.2) is 41.7 Å². The molecule has 0 atom stereocenters. The monoisotopic (exact) mass is 369 g/mol. The van der Waals surface area contributed by atoms with Crippen LogP contribution in [0.25, 0.3) is 11.1 Å². The van der Waals surface area contributed by atoms with Crippen LogP contribution in [0.4, 0.5) is 10.8 Å². The number of ether oxygens (including phenoxy) is 1. The van der Waals surface area contributed by atoms with Gasteiger partial charge in [0.2, 0.25) is 0 Å². The van der Waals surface area contributed by atoms with Crippen molar-refractivity contribution in [3.8, 4) is 0 Å². The molecule has 2 aromatic rings. The highest BCUT2D eigenvalue weighted by Crippen LogP contribution is 2.21. The smallest absolute Gasteiger partial charge is 0.409 e. The fourth-order valence-electron chi connectivity index (χ4n) is 2.53. The number of amides is 1. The van der Waals surface area contributed by atoms with Gasteiger partial charge in [-0.1, -0.05) is 12.1 Å². The number of fused-ring (bicyclic) bond motifs is 1. The minimum Gasteiger partial charge on any atom is -0.450 e. The van der Waals surface area contributed by atoms with E-state index in [0.29, 0.717) is 25.7 Å². The van der Waals surface area contributed by atoms with Crippen molar-refractivity contribution in [1.29, 1.82) is 0 Å². The molecule has 1 fully saturated rings. The summed E-state index contributed by atoms with van der Waals surface area (Å²) in [6.07, 6.45) is 1.49. The molecule has 7 heteroatoms. The molecule has 2 heterocycles. The van der Waals surface area contributed by atoms with Crippen LogP contribution < -0.4 is 5.32 Å². The highest BCUT2D eigenvalue weighted by molar-refractivity contribution is 8.93. The summed E-state index contributed by atoms with van der Waals surface area (Å²) in [6.45, 7) is 3.62. The SMILES string of the molecule is Br.CCOC(=O)N1CCC(Nc2nc3ccccc3o2)CC1. The molecule has 6 nitrogen and oxygen atoms in total. The maximum Gasteiger partial charge on any atom is 0.409 e. The third-order valence-electron chi connectivity index (χ3n) is 3.64. The summed E-state index contributed by atoms with van der Waals surface area (Å²) in [7, 11) is 0. The Morgan fingerprint density at radius 3 is 2.82 bits per heavy atom. The number of hydrogen-bond donors (Lipinski definition) is 1. The third kappa shape index (κ3) is 3.71. The lowest BCUT2D eigenvalue weighted by molar-refractivity contribution is 0.0982. The maximum absolute atomic E-state index is 11.6. The number of oxazole rings is 1. The summed E-state index contributed by atoms with van der Waals surface area (Å²) in [6, 6.07) is 8.50. The van der Waals surface area contributed by atoms with Gasteiger partial charge in [-0.2, -0.15) is 4.98 Å². The number of benzene rings is 1. The van der Waals surface area contributed by atoms with Gasteiger partial charge in [-0.25, -0.2) is 4.79 Å². The quantitative estimate of drug-likeness (QED) is 0.897. The topological polar surface area (TPSA) is 67.6 Å². The number of piperidine rings is 1. The number of carbonyl (C=O) groups is 1. The van der Waals surface area contributed by atoms with Gasteiger partial charge < -0.3 is 19.4 Å². The lowest BCUT2D eigenvalue weighted by atomic mass is 10.1. The summed E-state index contributed by atoms with van der Waals surface area (Å²) in [5, 5.41) is 3.31. The number of aromatic nitrogens is 1. The van der Waals surface area contributed by atoms with Crippen molar-refractivity contribution >= 4 is 40.2 Å². The number of para-hydroxylation sites is 2. The molecule has 1 aliphatic heterocycles. The van der Waals surface area contributed by atoms with Gasteiger partial charge in [0.05, 0.1) is 6.61 Å². The van der Waals surface area contributed by atoms with E-state index in [1.807, 2.05) is 31.2 Å². The van der Waals surface area contributed by atoms with Gasteiger partial charge in [-0.15, -0.1) is 17.0 Å². The Hall–Kier alpha value is -1.76. The Morgan fingerprint density at radius 1 is 1.41 bits per heavy atom. The second-order valence-electron chi connectivity index (χ2n) is 5.09. The number of carbonyl (C=O) groups excluding carboxylic acids is 1. The number of nitrogens with zero attached hydrogens (tertiary/aromatic N) is 2. The number of anilines is 1. The third-order valence-corrected chi connectivity index (χ3v) is 3.64. The molecule has 3 rings (SSSR count). The highest BCUT2D eigenvalue weighted by Gasteiger charge is 2.24. The van der Waals surface area contributed by atoms with Crippen LogP contribution in [0.3, 0.4) is 0 Å². The molecule has 0 bridgehead atoms. The van der Waals surface area contributed by atoms with Crippen LogP contribution in [0, 0.1) is 0 Å². The first-order valence-electron chi connectivity index (χ1n) is 7.30. The molecule has 1 saturated heterocycles. The van der Waals surface area contributed by atoms with Crippen molar-refractivity contribution in [1.82, 2.24) is 9.88 Å². The fourth-order valence-corrected chi connectivity index (χ4v) is 2.53. The molecule has 0 aliphatic carbocycles. The van der Waals surface area contributed by atoms with Gasteiger partial charge in [0.1, 0.15) is 5.52 Å². The Balaban J connectivity index is 0.00000176. The largest absolute Gasteiger partial charge is 0.450 e. The fraction of sp³-hybridized carbons (Fsp3) is 0.467. The van der Waals surface area contributed by atoms with Crippen molar-refractivity contribution in [3.63, 3.8) is 0 Å². The van der Waals surface area contributed by atoms with Gasteiger partial charge in [0.25, 0.3) is 6.01 Å². The summed E-state index contributed by atoms with van der Waals surface area (Å²) < 4.78 is 10.7. The summed E-state index contributed by atoms with van der Waals surface area (Å²) in [5.41, 5.74) is 1.63. The van der Waals surface area contributed by atoms with E-state index >= 15 is 0 Å². The van der Waals surface area contributed by atoms with Crippen molar-refractivity contribution in [2.75, 3.05) is 25.0 Å². The van der Waals surface area contributed by atoms with E-state index in [1.165, 1.54) is 0 Å². The minimum absolute atomic E-state index is 0. The van der Waals surface area contributed by atoms with E-state index in [0.717, 1.165) is 23.9 Å². The first-order chi connectivity index (χ1) is 10.3. The predicted molar refractivity (Wildman–Crippen MR) is 89.6 cm³/mol. The average Bonchev–Trinajstić information content (AvgIpc) is 2.90. The zero-order valence-electron chi connectivity index (χ0n) is 12.4. The van der Waals surface area contributed by atoms with E-state index in [1.54, 1.807) is 4.90 Å². The van der Waals surface area contributed by atoms with Crippen LogP contribution in [0.2, 0.25) is 0 Å². The standard InChI is InChI=1S/C15H19N3O3.BrH/c1-2-20-15(19)18-9-7-11(8-10-18)16-14-17-12-5-3-4-6-13(12)21-14;/h3-6,11H,2,7-10H2,1H3,(H,16,17);1H. The van der Waals surface area contributed by atoms with E-state index < -0.39 is 0 Å². The molecule has 0 radical (unpaired) electrons. The van der Waals surface area contributed by atoms with Crippen molar-refractivity contribution < 1.29 is 13.9 Å². The summed E-state index contributed by atoms with van der Waals surface area (Å²) in [5.74, 6) is 0. The van der Waals surface area contributed by atoms with Gasteiger partial charge >= 0.3 is 6.09 Å². The number of likely N-dealkylation sites (tertiary alicyclic amines) is 1. The zero-order chi connectivity index (χ0) is 14.7. The van der Waals surface area contributed by atoms with Crippen LogP contribution >= 0.6 is 17.0 Å². The number of hydrogen-bond acceptors (Lipinski definition) is 5. The molecular weight excluding hydrogens is 350 g/mol. The Morgan fingerprint density at radius 2 is 2.14 bits per heavy atom. The highest BCUT2D eigenvalue weighted by atomic mass is 79.9. The molecule has 1 N–H and O–H groups in total. The zero-order valence-corrected chi connectivity index (χ0v) is 14.2. The average molecular weight is 370 g/mol. The molecule has 120 valence electrons. The molecule has 1 aromatic carbocycles. The summed E-state index contributed by atoms with van der Waals surface area (Å²) >= 11 is 0. The Kier molecular flexibility index (Phi) is 5.65. The van der Waals surface area contributed by atoms with E-state index in [9.17, 15) is 4.79 Å². The second kappa shape index (κ2) is 7.49. The number of rotatable bonds is 3. The van der Waals surface area contributed by atoms with Crippen LogP contribution in [0.1, 0.15) is 19.8 Å². The molecule has 22 heavy (non-hydrogen) atoms. The van der Waals surface area contributed by atoms with Gasteiger partial charge in [0.15, 0.2) is 5.58 Å². The molecule has 0 saturated carbocycles. The van der Waals surface area contributed by atoms with Crippen molar-refractivity contribution in [2.24, 2.45) is 0 Å². The summed E-state index contributed by atoms with van der Waals surface area (Å²) in [4.78, 5) is 17.8. The van der Waals surface area contributed by atoms with Gasteiger partial charge in [-0.05, 0) is 31.9 Å². The molecule has 0 spiro atoms. The first-order valence-corrected chi connectivity index (χ1v) is 7.30. The molecule has 1 aromatic heterocycles. The van der Waals surface area contributed by atoms with E-state index in [-0.39, 0.29) is 29.1 Å². The van der Waals surface area contributed by atoms with Crippen LogP contribution in [0.5, 0.6) is 0 Å². The minimum atomic E-state index is -0.224. The maximum atomic E-state index is 11.6. The van der Waals surface area contributed by atoms with Crippen molar-refractivity contribution in [2.45, 2.75) is 25.8 Å². The lowest BCUT2D eigenvalue weighted by Gasteiger charge is -2.31. The first kappa shape index (κ1) is 16.6. The van der Waals surface area contributed by atoms with Crippen molar-refractivity contribution in [3.05, 3.63) is 24.3 Å². The molecular formula is C15H20BrN3O3. The van der Waals surface area contributed by atoms with E-state index in [2.05, 4.69) is 10.3 Å². The lowest BCUT2D eigenvalue weighted by Crippen LogP contribution is -2.42. The number of halogens is 1. The van der Waals surface area contributed by atoms with E-state index in [4.69, 9.17) is 9.15 Å². The molecule has 1 aliphatic rings. The second-order valence-corrected chi connectivity index (χ2v) is 5.09. The van der Waals surface area contributed by atoms with Crippen LogP contribution in [0.15, 0.2) is 28.7 Å². The van der Waals surface area contributed by atoms with Gasteiger partial charge in [-0.3, -0.25) is 0 Å². The Bertz CT molecular complexity index is 590. The Labute approximate surface area is 139 Å². The van der Waals surface area contributed by atoms with Crippen LogP contribution in [-0.2, 0) is 4.74 Å². The number of nitrogens with one attached hydrogen (secondary N) is 1.